The average Bonchev–Trinajstić information content (AvgIpc) is 3.47. The maximum Gasteiger partial charge on any atom is 0.226 e. The second kappa shape index (κ2) is 9.29. The van der Waals surface area contributed by atoms with Crippen molar-refractivity contribution in [3.63, 3.8) is 0 Å². The molecule has 1 amide bonds. The molecule has 1 unspecified atom stereocenters. The molecule has 184 valence electrons. The third-order valence-electron chi connectivity index (χ3n) is 7.70. The number of carbonyl (C=O) groups excluding carboxylic acids is 1. The zero-order chi connectivity index (χ0) is 23.9. The van der Waals surface area contributed by atoms with Gasteiger partial charge in [0.1, 0.15) is 23.8 Å². The Bertz CT molecular complexity index is 1030. The first-order valence-electron chi connectivity index (χ1n) is 13.0. The molecule has 5 rings (SSSR count). The fraction of sp³-hybridized carbons (Fsp3) is 0.692. The summed E-state index contributed by atoms with van der Waals surface area (Å²) in [5.74, 6) is 3.57. The first kappa shape index (κ1) is 23.3. The highest BCUT2D eigenvalue weighted by molar-refractivity contribution is 5.94. The van der Waals surface area contributed by atoms with Crippen molar-refractivity contribution in [3.05, 3.63) is 29.6 Å². The van der Waals surface area contributed by atoms with Crippen LogP contribution in [-0.4, -0.2) is 63.0 Å². The number of nitrogens with one attached hydrogen (secondary N) is 1. The highest BCUT2D eigenvalue weighted by Gasteiger charge is 2.32. The molecule has 0 aromatic carbocycles. The van der Waals surface area contributed by atoms with Gasteiger partial charge in [-0.25, -0.2) is 15.0 Å². The molecule has 5 heterocycles. The molecule has 2 fully saturated rings. The number of likely N-dealkylation sites (tertiary alicyclic amines) is 1. The minimum Gasteiger partial charge on any atom is -0.356 e. The normalized spacial score (nSPS) is 22.2. The van der Waals surface area contributed by atoms with Crippen molar-refractivity contribution in [1.82, 2.24) is 24.4 Å². The predicted molar refractivity (Wildman–Crippen MR) is 134 cm³/mol. The van der Waals surface area contributed by atoms with Gasteiger partial charge in [-0.3, -0.25) is 4.79 Å². The summed E-state index contributed by atoms with van der Waals surface area (Å²) in [4.78, 5) is 31.1. The van der Waals surface area contributed by atoms with Gasteiger partial charge in [-0.05, 0) is 44.7 Å². The van der Waals surface area contributed by atoms with Crippen LogP contribution in [-0.2, 0) is 16.8 Å². The number of amides is 1. The molecular formula is C26H39N7O. The summed E-state index contributed by atoms with van der Waals surface area (Å²) in [6, 6.07) is 0. The highest BCUT2D eigenvalue weighted by Crippen LogP contribution is 2.39. The summed E-state index contributed by atoms with van der Waals surface area (Å²) >= 11 is 0. The molecule has 0 spiro atoms. The Morgan fingerprint density at radius 3 is 2.50 bits per heavy atom. The van der Waals surface area contributed by atoms with Crippen LogP contribution in [0.1, 0.15) is 88.7 Å². The molecule has 34 heavy (non-hydrogen) atoms. The summed E-state index contributed by atoms with van der Waals surface area (Å²) < 4.78 is 2.45. The van der Waals surface area contributed by atoms with Crippen LogP contribution >= 0.6 is 0 Å². The Morgan fingerprint density at radius 2 is 1.79 bits per heavy atom. The van der Waals surface area contributed by atoms with Crippen LogP contribution in [0.2, 0.25) is 0 Å². The molecular weight excluding hydrogens is 426 g/mol. The van der Waals surface area contributed by atoms with E-state index in [9.17, 15) is 4.79 Å². The number of nitrogens with zero attached hydrogens (tertiary/aromatic N) is 6. The number of hydrogen-bond acceptors (Lipinski definition) is 6. The van der Waals surface area contributed by atoms with E-state index in [1.54, 1.807) is 6.33 Å². The van der Waals surface area contributed by atoms with Crippen LogP contribution in [0.25, 0.3) is 0 Å². The third kappa shape index (κ3) is 4.69. The van der Waals surface area contributed by atoms with Gasteiger partial charge in [0.05, 0.1) is 5.69 Å². The largest absolute Gasteiger partial charge is 0.356 e. The van der Waals surface area contributed by atoms with E-state index < -0.39 is 0 Å². The van der Waals surface area contributed by atoms with Gasteiger partial charge in [-0.1, -0.05) is 27.7 Å². The molecule has 2 aromatic rings. The van der Waals surface area contributed by atoms with Gasteiger partial charge in [-0.15, -0.1) is 0 Å². The molecule has 2 saturated heterocycles. The molecule has 1 atom stereocenters. The lowest BCUT2D eigenvalue weighted by atomic mass is 9.92. The maximum atomic E-state index is 12.0. The minimum atomic E-state index is 0.0405. The summed E-state index contributed by atoms with van der Waals surface area (Å²) in [7, 11) is 0. The lowest BCUT2D eigenvalue weighted by molar-refractivity contribution is -0.116. The third-order valence-corrected chi connectivity index (χ3v) is 7.70. The first-order valence-corrected chi connectivity index (χ1v) is 13.0. The van der Waals surface area contributed by atoms with Crippen molar-refractivity contribution in [2.75, 3.05) is 42.9 Å². The first-order chi connectivity index (χ1) is 16.3. The van der Waals surface area contributed by atoms with Crippen molar-refractivity contribution < 1.29 is 4.79 Å². The zero-order valence-corrected chi connectivity index (χ0v) is 21.2. The van der Waals surface area contributed by atoms with Gasteiger partial charge < -0.3 is 19.7 Å². The van der Waals surface area contributed by atoms with E-state index in [-0.39, 0.29) is 17.2 Å². The number of carbonyl (C=O) groups is 1. The molecule has 0 bridgehead atoms. The molecule has 0 radical (unpaired) electrons. The monoisotopic (exact) mass is 465 g/mol. The molecule has 8 nitrogen and oxygen atoms in total. The van der Waals surface area contributed by atoms with Gasteiger partial charge in [0.2, 0.25) is 5.91 Å². The van der Waals surface area contributed by atoms with Gasteiger partial charge in [0.15, 0.2) is 0 Å². The van der Waals surface area contributed by atoms with Crippen LogP contribution in [0.4, 0.5) is 11.6 Å². The molecule has 1 N–H and O–H groups in total. The van der Waals surface area contributed by atoms with Crippen LogP contribution < -0.4 is 10.2 Å². The smallest absolute Gasteiger partial charge is 0.226 e. The van der Waals surface area contributed by atoms with Crippen LogP contribution in [0.3, 0.4) is 0 Å². The zero-order valence-electron chi connectivity index (χ0n) is 21.2. The van der Waals surface area contributed by atoms with Crippen LogP contribution in [0.5, 0.6) is 0 Å². The summed E-state index contributed by atoms with van der Waals surface area (Å²) in [5.41, 5.74) is 2.33. The van der Waals surface area contributed by atoms with E-state index in [1.165, 1.54) is 37.4 Å². The van der Waals surface area contributed by atoms with Gasteiger partial charge >= 0.3 is 0 Å². The van der Waals surface area contributed by atoms with E-state index in [0.29, 0.717) is 18.2 Å². The van der Waals surface area contributed by atoms with Crippen molar-refractivity contribution >= 4 is 17.5 Å². The quantitative estimate of drug-likeness (QED) is 0.722. The number of hydrogen-bond donors (Lipinski definition) is 1. The fourth-order valence-corrected chi connectivity index (χ4v) is 5.66. The number of imidazole rings is 1. The number of aromatic nitrogens is 4. The summed E-state index contributed by atoms with van der Waals surface area (Å²) in [6.07, 6.45) is 9.17. The Hall–Kier alpha value is -2.48. The van der Waals surface area contributed by atoms with E-state index in [4.69, 9.17) is 4.98 Å². The number of piperidine rings is 1. The van der Waals surface area contributed by atoms with Gasteiger partial charge in [-0.2, -0.15) is 0 Å². The topological polar surface area (TPSA) is 79.2 Å². The minimum absolute atomic E-state index is 0.0405. The lowest BCUT2D eigenvalue weighted by Crippen LogP contribution is -2.36. The fourth-order valence-electron chi connectivity index (χ4n) is 5.66. The average molecular weight is 466 g/mol. The van der Waals surface area contributed by atoms with E-state index in [2.05, 4.69) is 63.5 Å². The summed E-state index contributed by atoms with van der Waals surface area (Å²) in [5, 5.41) is 2.93. The van der Waals surface area contributed by atoms with E-state index >= 15 is 0 Å². The molecule has 2 aromatic heterocycles. The Morgan fingerprint density at radius 1 is 1.06 bits per heavy atom. The van der Waals surface area contributed by atoms with Crippen molar-refractivity contribution in [2.24, 2.45) is 0 Å². The van der Waals surface area contributed by atoms with Crippen LogP contribution in [0, 0.1) is 0 Å². The van der Waals surface area contributed by atoms with E-state index in [0.717, 1.165) is 50.4 Å². The van der Waals surface area contributed by atoms with Crippen molar-refractivity contribution in [3.8, 4) is 0 Å². The van der Waals surface area contributed by atoms with Gasteiger partial charge in [0, 0.05) is 55.7 Å². The molecule has 8 heteroatoms. The molecule has 3 aliphatic rings. The molecule has 0 aliphatic carbocycles. The maximum absolute atomic E-state index is 12.0. The Labute approximate surface area is 203 Å². The summed E-state index contributed by atoms with van der Waals surface area (Å²) in [6.45, 7) is 15.4. The second-order valence-corrected chi connectivity index (χ2v) is 11.4. The van der Waals surface area contributed by atoms with Crippen molar-refractivity contribution in [1.29, 1.82) is 0 Å². The Kier molecular flexibility index (Phi) is 6.35. The predicted octanol–water partition coefficient (Wildman–Crippen LogP) is 3.90. The highest BCUT2D eigenvalue weighted by atomic mass is 16.1. The number of anilines is 2. The van der Waals surface area contributed by atoms with Gasteiger partial charge in [0.25, 0.3) is 0 Å². The standard InChI is InChI=1S/C26H39N7O/c1-18-15-21(34)30-23-22(18)25(28-17-27-23)32-11-7-19(8-12-32)24-29-20(26(2,3)4)16-33(24)14-13-31-9-5-6-10-31/h16-19H,5-15H2,1-4H3,(H,27,28,30,34). The second-order valence-electron chi connectivity index (χ2n) is 11.4. The number of rotatable bonds is 5. The van der Waals surface area contributed by atoms with Crippen molar-refractivity contribution in [2.45, 2.75) is 83.6 Å². The molecule has 0 saturated carbocycles. The lowest BCUT2D eigenvalue weighted by Gasteiger charge is -2.35. The van der Waals surface area contributed by atoms with Crippen LogP contribution in [0.15, 0.2) is 12.5 Å². The number of fused-ring (bicyclic) bond motifs is 1. The Balaban J connectivity index is 1.32. The van der Waals surface area contributed by atoms with E-state index in [1.807, 2.05) is 0 Å². The SMILES string of the molecule is CC1CC(=O)Nc2ncnc(N3CCC(c4nc(C(C)(C)C)cn4CCN4CCCC4)CC3)c21. The molecule has 3 aliphatic heterocycles.